The Kier molecular flexibility index (Phi) is 4.75. The fraction of sp³-hybridized carbons (Fsp3) is 0.333. The van der Waals surface area contributed by atoms with Crippen LogP contribution in [-0.4, -0.2) is 54.3 Å². The zero-order valence-electron chi connectivity index (χ0n) is 15.0. The molecule has 4 rings (SSSR count). The minimum atomic E-state index is -1.88. The number of aliphatic hydroxyl groups is 2. The molecule has 0 bridgehead atoms. The molecule has 0 spiro atoms. The van der Waals surface area contributed by atoms with E-state index in [0.29, 0.717) is 11.1 Å². The number of fused-ring (bicyclic) bond motifs is 1. The number of nitrogens with zero attached hydrogens (tertiary/aromatic N) is 5. The number of rotatable bonds is 4. The smallest absolute Gasteiger partial charge is 0.332 e. The van der Waals surface area contributed by atoms with E-state index in [1.54, 1.807) is 24.3 Å². The van der Waals surface area contributed by atoms with Crippen LogP contribution in [0.2, 0.25) is 0 Å². The van der Waals surface area contributed by atoms with Crippen molar-refractivity contribution in [1.29, 1.82) is 5.26 Å². The third kappa shape index (κ3) is 3.03. The Morgan fingerprint density at radius 1 is 1.38 bits per heavy atom. The van der Waals surface area contributed by atoms with Gasteiger partial charge in [0.2, 0.25) is 5.95 Å². The molecule has 4 atom stereocenters. The number of aromatic nitrogens is 4. The second-order valence-corrected chi connectivity index (χ2v) is 6.63. The molecule has 11 heteroatoms. The van der Waals surface area contributed by atoms with Gasteiger partial charge in [0.05, 0.1) is 31.0 Å². The lowest BCUT2D eigenvalue weighted by Crippen LogP contribution is -2.34. The van der Waals surface area contributed by atoms with Crippen molar-refractivity contribution in [3.63, 3.8) is 0 Å². The Balaban J connectivity index is 1.89. The van der Waals surface area contributed by atoms with Crippen LogP contribution in [0.15, 0.2) is 35.3 Å². The maximum atomic E-state index is 14.2. The molecule has 0 saturated carbocycles. The minimum Gasteiger partial charge on any atom is -0.394 e. The number of nitrogen functional groups attached to an aromatic ring is 1. The maximum Gasteiger partial charge on any atom is 0.332 e. The SMILES string of the molecule is N#Cc1ccccc1Cn1c(=O)n([C@@H]2O[C@H](CO)[C@@H](F)[C@H]2O)c2nc(N)ncc21. The van der Waals surface area contributed by atoms with Crippen LogP contribution in [0, 0.1) is 11.3 Å². The highest BCUT2D eigenvalue weighted by molar-refractivity contribution is 5.72. The van der Waals surface area contributed by atoms with E-state index in [2.05, 4.69) is 16.0 Å². The first-order valence-electron chi connectivity index (χ1n) is 8.76. The Hall–Kier alpha value is -3.33. The number of nitriles is 1. The summed E-state index contributed by atoms with van der Waals surface area (Å²) in [6.07, 6.45) is -4.92. The highest BCUT2D eigenvalue weighted by Gasteiger charge is 2.46. The average Bonchev–Trinajstić information content (AvgIpc) is 3.15. The van der Waals surface area contributed by atoms with Crippen LogP contribution in [0.4, 0.5) is 10.3 Å². The molecule has 0 aliphatic carbocycles. The van der Waals surface area contributed by atoms with E-state index < -0.39 is 36.9 Å². The second kappa shape index (κ2) is 7.25. The molecule has 3 heterocycles. The molecule has 3 aromatic rings. The third-order valence-electron chi connectivity index (χ3n) is 4.91. The standard InChI is InChI=1S/C18H17FN6O4/c19-13-12(8-26)29-16(14(13)27)25-15-11(6-22-17(21)23-15)24(18(25)28)7-10-4-2-1-3-9(10)5-20/h1-4,6,12-14,16,26-27H,7-8H2,(H2,21,22,23)/t12-,13-,14-,16-/m1/s1. The molecule has 0 unspecified atom stereocenters. The number of hydrogen-bond acceptors (Lipinski definition) is 8. The van der Waals surface area contributed by atoms with E-state index in [4.69, 9.17) is 10.5 Å². The predicted molar refractivity (Wildman–Crippen MR) is 98.4 cm³/mol. The van der Waals surface area contributed by atoms with Gasteiger partial charge in [0, 0.05) is 0 Å². The van der Waals surface area contributed by atoms with E-state index in [0.717, 1.165) is 4.57 Å². The van der Waals surface area contributed by atoms with E-state index in [1.165, 1.54) is 10.8 Å². The highest BCUT2D eigenvalue weighted by Crippen LogP contribution is 2.32. The molecular formula is C18H17FN6O4. The van der Waals surface area contributed by atoms with Crippen LogP contribution >= 0.6 is 0 Å². The van der Waals surface area contributed by atoms with Gasteiger partial charge in [-0.1, -0.05) is 18.2 Å². The summed E-state index contributed by atoms with van der Waals surface area (Å²) in [5.74, 6) is -0.121. The summed E-state index contributed by atoms with van der Waals surface area (Å²) >= 11 is 0. The maximum absolute atomic E-state index is 14.2. The number of imidazole rings is 1. The van der Waals surface area contributed by atoms with Gasteiger partial charge in [-0.2, -0.15) is 10.2 Å². The molecule has 10 nitrogen and oxygen atoms in total. The lowest BCUT2D eigenvalue weighted by Gasteiger charge is -2.15. The van der Waals surface area contributed by atoms with E-state index in [9.17, 15) is 24.7 Å². The highest BCUT2D eigenvalue weighted by atomic mass is 19.1. The second-order valence-electron chi connectivity index (χ2n) is 6.63. The van der Waals surface area contributed by atoms with Crippen LogP contribution < -0.4 is 11.4 Å². The van der Waals surface area contributed by atoms with E-state index in [-0.39, 0.29) is 23.7 Å². The number of hydrogen-bond donors (Lipinski definition) is 3. The Morgan fingerprint density at radius 3 is 2.83 bits per heavy atom. The molecule has 1 fully saturated rings. The molecule has 0 amide bonds. The van der Waals surface area contributed by atoms with Crippen LogP contribution in [0.3, 0.4) is 0 Å². The molecular weight excluding hydrogens is 383 g/mol. The first kappa shape index (κ1) is 19.0. The summed E-state index contributed by atoms with van der Waals surface area (Å²) in [6.45, 7) is -0.639. The molecule has 4 N–H and O–H groups in total. The van der Waals surface area contributed by atoms with Crippen molar-refractivity contribution in [2.45, 2.75) is 31.2 Å². The number of anilines is 1. The fourth-order valence-corrected chi connectivity index (χ4v) is 3.46. The van der Waals surface area contributed by atoms with Gasteiger partial charge in [0.1, 0.15) is 17.7 Å². The molecule has 1 aliphatic rings. The molecule has 1 aliphatic heterocycles. The normalized spacial score (nSPS) is 24.1. The van der Waals surface area contributed by atoms with Gasteiger partial charge in [0.15, 0.2) is 18.0 Å². The van der Waals surface area contributed by atoms with Crippen molar-refractivity contribution in [3.05, 3.63) is 52.1 Å². The lowest BCUT2D eigenvalue weighted by molar-refractivity contribution is -0.0513. The average molecular weight is 400 g/mol. The number of halogens is 1. The Morgan fingerprint density at radius 2 is 2.14 bits per heavy atom. The van der Waals surface area contributed by atoms with Gasteiger partial charge in [-0.25, -0.2) is 18.7 Å². The molecule has 2 aromatic heterocycles. The summed E-state index contributed by atoms with van der Waals surface area (Å²) < 4.78 is 21.9. The Labute approximate surface area is 163 Å². The minimum absolute atomic E-state index is 0.0185. The zero-order valence-corrected chi connectivity index (χ0v) is 15.0. The summed E-state index contributed by atoms with van der Waals surface area (Å²) in [7, 11) is 0. The number of alkyl halides is 1. The van der Waals surface area contributed by atoms with E-state index in [1.807, 2.05) is 0 Å². The monoisotopic (exact) mass is 400 g/mol. The molecule has 150 valence electrons. The van der Waals surface area contributed by atoms with Crippen LogP contribution in [0.25, 0.3) is 11.2 Å². The topological polar surface area (TPSA) is 152 Å². The largest absolute Gasteiger partial charge is 0.394 e. The molecule has 1 aromatic carbocycles. The Bertz CT molecular complexity index is 1170. The summed E-state index contributed by atoms with van der Waals surface area (Å²) in [4.78, 5) is 21.2. The first-order chi connectivity index (χ1) is 14.0. The first-order valence-corrected chi connectivity index (χ1v) is 8.76. The van der Waals surface area contributed by atoms with Gasteiger partial charge in [-0.15, -0.1) is 0 Å². The van der Waals surface area contributed by atoms with Crippen molar-refractivity contribution >= 4 is 17.1 Å². The van der Waals surface area contributed by atoms with Gasteiger partial charge >= 0.3 is 5.69 Å². The number of ether oxygens (including phenoxy) is 1. The van der Waals surface area contributed by atoms with Crippen LogP contribution in [-0.2, 0) is 11.3 Å². The fourth-order valence-electron chi connectivity index (χ4n) is 3.46. The predicted octanol–water partition coefficient (Wildman–Crippen LogP) is -0.316. The van der Waals surface area contributed by atoms with E-state index >= 15 is 0 Å². The van der Waals surface area contributed by atoms with Crippen molar-refractivity contribution < 1.29 is 19.3 Å². The lowest BCUT2D eigenvalue weighted by atomic mass is 10.1. The quantitative estimate of drug-likeness (QED) is 0.539. The van der Waals surface area contributed by atoms with Crippen molar-refractivity contribution in [2.75, 3.05) is 12.3 Å². The van der Waals surface area contributed by atoms with Crippen LogP contribution in [0.5, 0.6) is 0 Å². The van der Waals surface area contributed by atoms with Crippen LogP contribution in [0.1, 0.15) is 17.4 Å². The summed E-state index contributed by atoms with van der Waals surface area (Å²) in [6, 6.07) is 8.83. The molecule has 1 saturated heterocycles. The zero-order chi connectivity index (χ0) is 20.7. The van der Waals surface area contributed by atoms with Gasteiger partial charge in [-0.3, -0.25) is 4.57 Å². The van der Waals surface area contributed by atoms with Crippen molar-refractivity contribution in [1.82, 2.24) is 19.1 Å². The number of nitrogens with two attached hydrogens (primary N) is 1. The molecule has 0 radical (unpaired) electrons. The van der Waals surface area contributed by atoms with Crippen molar-refractivity contribution in [2.24, 2.45) is 0 Å². The third-order valence-corrected chi connectivity index (χ3v) is 4.91. The van der Waals surface area contributed by atoms with Gasteiger partial charge < -0.3 is 20.7 Å². The number of aliphatic hydroxyl groups excluding tert-OH is 2. The van der Waals surface area contributed by atoms with Gasteiger partial charge in [0.25, 0.3) is 0 Å². The number of benzene rings is 1. The summed E-state index contributed by atoms with van der Waals surface area (Å²) in [5, 5.41) is 28.8. The van der Waals surface area contributed by atoms with Gasteiger partial charge in [-0.05, 0) is 11.6 Å². The van der Waals surface area contributed by atoms with Crippen molar-refractivity contribution in [3.8, 4) is 6.07 Å². The molecule has 29 heavy (non-hydrogen) atoms. The summed E-state index contributed by atoms with van der Waals surface area (Å²) in [5.41, 5.74) is 6.30.